The van der Waals surface area contributed by atoms with Gasteiger partial charge in [0.2, 0.25) is 5.76 Å². The molecular weight excluding hydrogens is 256 g/mol. The normalized spacial score (nSPS) is 16.1. The number of carbonyl (C=O) groups is 1. The Balaban J connectivity index is 2.25. The van der Waals surface area contributed by atoms with E-state index in [2.05, 4.69) is 0 Å². The quantitative estimate of drug-likeness (QED) is 0.924. The second-order valence-corrected chi connectivity index (χ2v) is 5.93. The fraction of sp³-hybridized carbons (Fsp3) is 0.438. The SMILES string of the molecule is CCCc1c(C(=O)O)oc2c3c(ccc12)CC(C)(C)O3. The summed E-state index contributed by atoms with van der Waals surface area (Å²) in [5, 5.41) is 10.2. The lowest BCUT2D eigenvalue weighted by Gasteiger charge is -2.16. The highest BCUT2D eigenvalue weighted by atomic mass is 16.5. The van der Waals surface area contributed by atoms with Gasteiger partial charge in [-0.3, -0.25) is 0 Å². The van der Waals surface area contributed by atoms with Crippen molar-refractivity contribution in [2.45, 2.75) is 45.6 Å². The van der Waals surface area contributed by atoms with E-state index in [1.165, 1.54) is 0 Å². The van der Waals surface area contributed by atoms with Crippen LogP contribution in [0.1, 0.15) is 48.9 Å². The smallest absolute Gasteiger partial charge is 0.372 e. The van der Waals surface area contributed by atoms with Crippen LogP contribution in [0.4, 0.5) is 0 Å². The topological polar surface area (TPSA) is 59.7 Å². The van der Waals surface area contributed by atoms with Crippen LogP contribution in [0.3, 0.4) is 0 Å². The Labute approximate surface area is 117 Å². The number of hydrogen-bond acceptors (Lipinski definition) is 3. The molecule has 106 valence electrons. The van der Waals surface area contributed by atoms with Crippen LogP contribution in [-0.4, -0.2) is 16.7 Å². The third-order valence-corrected chi connectivity index (χ3v) is 3.69. The van der Waals surface area contributed by atoms with Gasteiger partial charge in [0, 0.05) is 22.9 Å². The summed E-state index contributed by atoms with van der Waals surface area (Å²) in [4.78, 5) is 11.4. The summed E-state index contributed by atoms with van der Waals surface area (Å²) in [5.74, 6) is -0.267. The summed E-state index contributed by atoms with van der Waals surface area (Å²) in [5.41, 5.74) is 2.16. The predicted octanol–water partition coefficient (Wildman–Crippen LogP) is 3.80. The molecule has 0 atom stereocenters. The Morgan fingerprint density at radius 2 is 2.15 bits per heavy atom. The maximum absolute atomic E-state index is 11.4. The highest BCUT2D eigenvalue weighted by Crippen LogP contribution is 2.43. The molecule has 1 aliphatic heterocycles. The molecule has 1 aromatic heterocycles. The van der Waals surface area contributed by atoms with Gasteiger partial charge < -0.3 is 14.3 Å². The van der Waals surface area contributed by atoms with Crippen LogP contribution in [0.2, 0.25) is 0 Å². The molecule has 0 amide bonds. The molecule has 0 unspecified atom stereocenters. The van der Waals surface area contributed by atoms with E-state index in [0.29, 0.717) is 17.8 Å². The van der Waals surface area contributed by atoms with E-state index in [4.69, 9.17) is 9.15 Å². The zero-order chi connectivity index (χ0) is 14.5. The Bertz CT molecular complexity index is 694. The summed E-state index contributed by atoms with van der Waals surface area (Å²) < 4.78 is 11.6. The second-order valence-electron chi connectivity index (χ2n) is 5.93. The summed E-state index contributed by atoms with van der Waals surface area (Å²) in [6.45, 7) is 6.07. The van der Waals surface area contributed by atoms with E-state index >= 15 is 0 Å². The van der Waals surface area contributed by atoms with E-state index in [0.717, 1.165) is 29.4 Å². The predicted molar refractivity (Wildman–Crippen MR) is 75.6 cm³/mol. The minimum Gasteiger partial charge on any atom is -0.483 e. The average molecular weight is 274 g/mol. The second kappa shape index (κ2) is 4.27. The minimum absolute atomic E-state index is 0.0450. The van der Waals surface area contributed by atoms with Crippen LogP contribution in [0, 0.1) is 0 Å². The minimum atomic E-state index is -1.02. The first kappa shape index (κ1) is 13.0. The number of carboxylic acids is 1. The summed E-state index contributed by atoms with van der Waals surface area (Å²) in [6.07, 6.45) is 2.37. The number of ether oxygens (including phenoxy) is 1. The fourth-order valence-corrected chi connectivity index (χ4v) is 2.92. The van der Waals surface area contributed by atoms with Gasteiger partial charge in [-0.1, -0.05) is 25.5 Å². The molecule has 0 radical (unpaired) electrons. The van der Waals surface area contributed by atoms with Crippen molar-refractivity contribution < 1.29 is 19.1 Å². The number of hydrogen-bond donors (Lipinski definition) is 1. The molecular formula is C16H18O4. The van der Waals surface area contributed by atoms with Gasteiger partial charge in [-0.05, 0) is 20.3 Å². The van der Waals surface area contributed by atoms with Gasteiger partial charge in [0.25, 0.3) is 0 Å². The molecule has 1 aromatic carbocycles. The summed E-state index contributed by atoms with van der Waals surface area (Å²) >= 11 is 0. The van der Waals surface area contributed by atoms with Crippen molar-refractivity contribution in [1.82, 2.24) is 0 Å². The molecule has 0 saturated carbocycles. The van der Waals surface area contributed by atoms with Crippen LogP contribution in [0.5, 0.6) is 5.75 Å². The summed E-state index contributed by atoms with van der Waals surface area (Å²) in [7, 11) is 0. The molecule has 0 aliphatic carbocycles. The van der Waals surface area contributed by atoms with Gasteiger partial charge in [0.1, 0.15) is 5.60 Å². The third kappa shape index (κ3) is 1.87. The number of aryl methyl sites for hydroxylation is 1. The lowest BCUT2D eigenvalue weighted by molar-refractivity contribution is 0.0663. The molecule has 2 heterocycles. The number of aromatic carboxylic acids is 1. The van der Waals surface area contributed by atoms with Crippen molar-refractivity contribution in [2.75, 3.05) is 0 Å². The number of furan rings is 1. The standard InChI is InChI=1S/C16H18O4/c1-4-5-10-11-7-6-9-8-16(2,3)20-12(9)13(11)19-14(10)15(17)18/h6-7H,4-5,8H2,1-3H3,(H,17,18). The number of fused-ring (bicyclic) bond motifs is 3. The summed E-state index contributed by atoms with van der Waals surface area (Å²) in [6, 6.07) is 3.98. The Morgan fingerprint density at radius 1 is 1.40 bits per heavy atom. The molecule has 1 N–H and O–H groups in total. The molecule has 2 aromatic rings. The first-order chi connectivity index (χ1) is 9.43. The average Bonchev–Trinajstić information content (AvgIpc) is 2.86. The van der Waals surface area contributed by atoms with Crippen molar-refractivity contribution in [3.05, 3.63) is 29.0 Å². The fourth-order valence-electron chi connectivity index (χ4n) is 2.92. The molecule has 0 spiro atoms. The zero-order valence-corrected chi connectivity index (χ0v) is 11.9. The van der Waals surface area contributed by atoms with Gasteiger partial charge in [-0.2, -0.15) is 0 Å². The largest absolute Gasteiger partial charge is 0.483 e. The molecule has 0 fully saturated rings. The monoisotopic (exact) mass is 274 g/mol. The van der Waals surface area contributed by atoms with Crippen LogP contribution in [-0.2, 0) is 12.8 Å². The van der Waals surface area contributed by atoms with E-state index in [9.17, 15) is 9.90 Å². The third-order valence-electron chi connectivity index (χ3n) is 3.69. The molecule has 4 nitrogen and oxygen atoms in total. The van der Waals surface area contributed by atoms with Crippen molar-refractivity contribution in [3.8, 4) is 5.75 Å². The van der Waals surface area contributed by atoms with Crippen molar-refractivity contribution >= 4 is 16.9 Å². The highest BCUT2D eigenvalue weighted by molar-refractivity contribution is 5.97. The molecule has 0 bridgehead atoms. The van der Waals surface area contributed by atoms with Crippen LogP contribution < -0.4 is 4.74 Å². The molecule has 4 heteroatoms. The lowest BCUT2D eigenvalue weighted by atomic mass is 9.99. The van der Waals surface area contributed by atoms with Crippen molar-refractivity contribution in [3.63, 3.8) is 0 Å². The highest BCUT2D eigenvalue weighted by Gasteiger charge is 2.34. The van der Waals surface area contributed by atoms with Gasteiger partial charge >= 0.3 is 5.97 Å². The number of benzene rings is 1. The molecule has 0 saturated heterocycles. The van der Waals surface area contributed by atoms with Crippen LogP contribution in [0.25, 0.3) is 11.0 Å². The van der Waals surface area contributed by atoms with Crippen LogP contribution >= 0.6 is 0 Å². The van der Waals surface area contributed by atoms with E-state index < -0.39 is 5.97 Å². The first-order valence-corrected chi connectivity index (χ1v) is 6.92. The first-order valence-electron chi connectivity index (χ1n) is 6.92. The van der Waals surface area contributed by atoms with Crippen LogP contribution in [0.15, 0.2) is 16.5 Å². The maximum atomic E-state index is 11.4. The van der Waals surface area contributed by atoms with E-state index in [1.54, 1.807) is 0 Å². The maximum Gasteiger partial charge on any atom is 0.372 e. The Hall–Kier alpha value is -1.97. The van der Waals surface area contributed by atoms with Gasteiger partial charge in [-0.25, -0.2) is 4.79 Å². The number of carboxylic acid groups (broad SMARTS) is 1. The molecule has 3 rings (SSSR count). The van der Waals surface area contributed by atoms with E-state index in [-0.39, 0.29) is 11.4 Å². The van der Waals surface area contributed by atoms with Gasteiger partial charge in [0.05, 0.1) is 0 Å². The lowest BCUT2D eigenvalue weighted by Crippen LogP contribution is -2.24. The number of rotatable bonds is 3. The van der Waals surface area contributed by atoms with Gasteiger partial charge in [-0.15, -0.1) is 0 Å². The Morgan fingerprint density at radius 3 is 2.80 bits per heavy atom. The van der Waals surface area contributed by atoms with Crippen molar-refractivity contribution in [1.29, 1.82) is 0 Å². The van der Waals surface area contributed by atoms with E-state index in [1.807, 2.05) is 32.9 Å². The molecule has 20 heavy (non-hydrogen) atoms. The molecule has 1 aliphatic rings. The zero-order valence-electron chi connectivity index (χ0n) is 11.9. The Kier molecular flexibility index (Phi) is 2.78. The van der Waals surface area contributed by atoms with Gasteiger partial charge in [0.15, 0.2) is 11.3 Å². The van der Waals surface area contributed by atoms with Crippen molar-refractivity contribution in [2.24, 2.45) is 0 Å².